The van der Waals surface area contributed by atoms with Crippen LogP contribution in [0.2, 0.25) is 0 Å². The van der Waals surface area contributed by atoms with Gasteiger partial charge in [-0.05, 0) is 37.1 Å². The molecule has 0 aliphatic rings. The number of carbonyl (C=O) groups is 2. The van der Waals surface area contributed by atoms with Crippen LogP contribution in [0.15, 0.2) is 30.5 Å². The normalized spacial score (nSPS) is 10.7. The number of carbonyl (C=O) groups excluding carboxylic acids is 2. The second-order valence-electron chi connectivity index (χ2n) is 6.10. The minimum Gasteiger partial charge on any atom is -0.385 e. The Kier molecular flexibility index (Phi) is 7.48. The van der Waals surface area contributed by atoms with Crippen molar-refractivity contribution in [3.05, 3.63) is 47.5 Å². The molecule has 2 amide bonds. The molecule has 0 bridgehead atoms. The molecule has 146 valence electrons. The molecule has 0 fully saturated rings. The van der Waals surface area contributed by atoms with Gasteiger partial charge in [-0.2, -0.15) is 5.10 Å². The summed E-state index contributed by atoms with van der Waals surface area (Å²) in [7, 11) is 3.18. The van der Waals surface area contributed by atoms with Crippen molar-refractivity contribution in [2.75, 3.05) is 33.9 Å². The summed E-state index contributed by atoms with van der Waals surface area (Å²) < 4.78 is 19.7. The average molecular weight is 376 g/mol. The molecule has 0 aliphatic heterocycles. The average Bonchev–Trinajstić information content (AvgIpc) is 3.09. The fourth-order valence-corrected chi connectivity index (χ4v) is 2.69. The Bertz CT molecular complexity index is 774. The van der Waals surface area contributed by atoms with Crippen LogP contribution in [0, 0.1) is 5.82 Å². The first kappa shape index (κ1) is 20.6. The molecule has 0 saturated heterocycles. The Balaban J connectivity index is 2.07. The Morgan fingerprint density at radius 3 is 2.63 bits per heavy atom. The fourth-order valence-electron chi connectivity index (χ4n) is 2.69. The number of benzene rings is 1. The molecular formula is C19H25FN4O3. The van der Waals surface area contributed by atoms with E-state index < -0.39 is 0 Å². The van der Waals surface area contributed by atoms with E-state index in [4.69, 9.17) is 4.74 Å². The third kappa shape index (κ3) is 5.37. The van der Waals surface area contributed by atoms with Crippen LogP contribution in [0.5, 0.6) is 0 Å². The van der Waals surface area contributed by atoms with Gasteiger partial charge in [-0.15, -0.1) is 0 Å². The Morgan fingerprint density at radius 2 is 2.00 bits per heavy atom. The lowest BCUT2D eigenvalue weighted by Crippen LogP contribution is -2.39. The van der Waals surface area contributed by atoms with E-state index in [9.17, 15) is 14.0 Å². The topological polar surface area (TPSA) is 76.5 Å². The Hall–Kier alpha value is -2.74. The highest BCUT2D eigenvalue weighted by molar-refractivity contribution is 5.97. The van der Waals surface area contributed by atoms with Crippen LogP contribution in [0.4, 0.5) is 4.39 Å². The van der Waals surface area contributed by atoms with Crippen molar-refractivity contribution in [3.8, 4) is 5.69 Å². The lowest BCUT2D eigenvalue weighted by atomic mass is 10.1. The number of halogens is 1. The molecule has 0 atom stereocenters. The number of hydrogen-bond acceptors (Lipinski definition) is 4. The largest absolute Gasteiger partial charge is 0.385 e. The molecule has 8 heteroatoms. The van der Waals surface area contributed by atoms with Gasteiger partial charge >= 0.3 is 0 Å². The third-order valence-corrected chi connectivity index (χ3v) is 4.08. The zero-order valence-electron chi connectivity index (χ0n) is 15.9. The minimum absolute atomic E-state index is 0.0449. The van der Waals surface area contributed by atoms with Gasteiger partial charge in [0.1, 0.15) is 5.82 Å². The van der Waals surface area contributed by atoms with Gasteiger partial charge in [-0.1, -0.05) is 6.92 Å². The molecule has 2 rings (SSSR count). The third-order valence-electron chi connectivity index (χ3n) is 4.08. The van der Waals surface area contributed by atoms with Gasteiger partial charge in [0, 0.05) is 27.3 Å². The van der Waals surface area contributed by atoms with Crippen molar-refractivity contribution in [2.24, 2.45) is 0 Å². The SMILES string of the molecule is CCc1c(C(=O)N(C)CC(=O)NCCCOC)cnn1-c1ccc(F)cc1. The van der Waals surface area contributed by atoms with Crippen molar-refractivity contribution in [1.82, 2.24) is 20.0 Å². The molecule has 7 nitrogen and oxygen atoms in total. The zero-order valence-corrected chi connectivity index (χ0v) is 15.9. The van der Waals surface area contributed by atoms with Crippen LogP contribution in [0.25, 0.3) is 5.69 Å². The van der Waals surface area contributed by atoms with Crippen LogP contribution < -0.4 is 5.32 Å². The summed E-state index contributed by atoms with van der Waals surface area (Å²) in [5.74, 6) is -0.852. The van der Waals surface area contributed by atoms with Crippen molar-refractivity contribution < 1.29 is 18.7 Å². The first-order chi connectivity index (χ1) is 13.0. The van der Waals surface area contributed by atoms with E-state index in [1.54, 1.807) is 31.0 Å². The maximum atomic E-state index is 13.1. The molecule has 1 aromatic heterocycles. The molecule has 0 radical (unpaired) electrons. The highest BCUT2D eigenvalue weighted by Gasteiger charge is 2.21. The van der Waals surface area contributed by atoms with Crippen LogP contribution in [-0.2, 0) is 16.0 Å². The van der Waals surface area contributed by atoms with Crippen LogP contribution in [0.1, 0.15) is 29.4 Å². The number of hydrogen-bond donors (Lipinski definition) is 1. The predicted molar refractivity (Wildman–Crippen MR) is 99.4 cm³/mol. The monoisotopic (exact) mass is 376 g/mol. The molecule has 1 N–H and O–H groups in total. The number of likely N-dealkylation sites (N-methyl/N-ethyl adjacent to an activating group) is 1. The summed E-state index contributed by atoms with van der Waals surface area (Å²) in [6.45, 7) is 2.93. The second-order valence-corrected chi connectivity index (χ2v) is 6.10. The molecule has 1 heterocycles. The molecule has 0 unspecified atom stereocenters. The smallest absolute Gasteiger partial charge is 0.257 e. The number of nitrogens with zero attached hydrogens (tertiary/aromatic N) is 3. The maximum absolute atomic E-state index is 13.1. The van der Waals surface area contributed by atoms with Gasteiger partial charge in [-0.25, -0.2) is 9.07 Å². The van der Waals surface area contributed by atoms with E-state index in [0.717, 1.165) is 0 Å². The number of amides is 2. The molecule has 0 saturated carbocycles. The summed E-state index contributed by atoms with van der Waals surface area (Å²) in [5.41, 5.74) is 1.81. The Labute approximate surface area is 158 Å². The molecular weight excluding hydrogens is 351 g/mol. The van der Waals surface area contributed by atoms with Crippen molar-refractivity contribution in [3.63, 3.8) is 0 Å². The first-order valence-corrected chi connectivity index (χ1v) is 8.81. The summed E-state index contributed by atoms with van der Waals surface area (Å²) in [4.78, 5) is 26.1. The first-order valence-electron chi connectivity index (χ1n) is 8.81. The van der Waals surface area contributed by atoms with E-state index in [1.807, 2.05) is 6.92 Å². The second kappa shape index (κ2) is 9.82. The molecule has 27 heavy (non-hydrogen) atoms. The van der Waals surface area contributed by atoms with Crippen LogP contribution in [-0.4, -0.2) is 60.3 Å². The number of rotatable bonds is 9. The van der Waals surface area contributed by atoms with Gasteiger partial charge < -0.3 is 15.0 Å². The summed E-state index contributed by atoms with van der Waals surface area (Å²) in [6, 6.07) is 5.90. The van der Waals surface area contributed by atoms with Crippen LogP contribution in [0.3, 0.4) is 0 Å². The van der Waals surface area contributed by atoms with E-state index in [2.05, 4.69) is 10.4 Å². The van der Waals surface area contributed by atoms with Crippen molar-refractivity contribution in [2.45, 2.75) is 19.8 Å². The van der Waals surface area contributed by atoms with Crippen molar-refractivity contribution >= 4 is 11.8 Å². The zero-order chi connectivity index (χ0) is 19.8. The predicted octanol–water partition coefficient (Wildman–Crippen LogP) is 1.80. The molecule has 0 spiro atoms. The van der Waals surface area contributed by atoms with E-state index in [1.165, 1.54) is 23.2 Å². The van der Waals surface area contributed by atoms with Gasteiger partial charge in [0.05, 0.1) is 29.7 Å². The van der Waals surface area contributed by atoms with E-state index in [-0.39, 0.29) is 24.2 Å². The van der Waals surface area contributed by atoms with Gasteiger partial charge in [-0.3, -0.25) is 9.59 Å². The number of methoxy groups -OCH3 is 1. The number of ether oxygens (including phenoxy) is 1. The number of aromatic nitrogens is 2. The van der Waals surface area contributed by atoms with Gasteiger partial charge in [0.15, 0.2) is 0 Å². The maximum Gasteiger partial charge on any atom is 0.257 e. The molecule has 1 aromatic carbocycles. The van der Waals surface area contributed by atoms with E-state index >= 15 is 0 Å². The lowest BCUT2D eigenvalue weighted by molar-refractivity contribution is -0.121. The standard InChI is InChI=1S/C19H25FN4O3/c1-4-17-16(12-22-24(17)15-8-6-14(20)7-9-15)19(26)23(2)13-18(25)21-10-5-11-27-3/h6-9,12H,4-5,10-11,13H2,1-3H3,(H,21,25). The van der Waals surface area contributed by atoms with E-state index in [0.29, 0.717) is 42.9 Å². The minimum atomic E-state index is -0.337. The van der Waals surface area contributed by atoms with Gasteiger partial charge in [0.2, 0.25) is 5.91 Å². The molecule has 0 aliphatic carbocycles. The Morgan fingerprint density at radius 1 is 1.30 bits per heavy atom. The summed E-state index contributed by atoms with van der Waals surface area (Å²) >= 11 is 0. The van der Waals surface area contributed by atoms with Crippen LogP contribution >= 0.6 is 0 Å². The quantitative estimate of drug-likeness (QED) is 0.677. The highest BCUT2D eigenvalue weighted by atomic mass is 19.1. The van der Waals surface area contributed by atoms with Crippen molar-refractivity contribution in [1.29, 1.82) is 0 Å². The number of nitrogens with one attached hydrogen (secondary N) is 1. The summed E-state index contributed by atoms with van der Waals surface area (Å²) in [5, 5.41) is 7.02. The fraction of sp³-hybridized carbons (Fsp3) is 0.421. The van der Waals surface area contributed by atoms with Gasteiger partial charge in [0.25, 0.3) is 5.91 Å². The molecule has 2 aromatic rings. The lowest BCUT2D eigenvalue weighted by Gasteiger charge is -2.17. The highest BCUT2D eigenvalue weighted by Crippen LogP contribution is 2.17. The summed E-state index contributed by atoms with van der Waals surface area (Å²) in [6.07, 6.45) is 2.76.